The molecule has 0 N–H and O–H groups in total. The summed E-state index contributed by atoms with van der Waals surface area (Å²) in [6.07, 6.45) is 0. The van der Waals surface area contributed by atoms with Crippen molar-refractivity contribution in [3.8, 4) is 0 Å². The van der Waals surface area contributed by atoms with Gasteiger partial charge in [-0.15, -0.1) is 0 Å². The SMILES string of the molecule is CC[N+]1=C(C)O[TeH](Cl)(Cl)(Cl)c2ccc(C)cc21. The normalized spacial score (nSPS) is 23.3. The Morgan fingerprint density at radius 2 is 1.88 bits per heavy atom. The standard InChI is InChI=1S/C11H15Cl3NOTe/c1-4-15-9(3)16-17(12,13,14)11-6-5-8(2)7-10(11)15/h5-7,17H,4H2,1-3H3/q+1. The quantitative estimate of drug-likeness (QED) is 0.511. The summed E-state index contributed by atoms with van der Waals surface area (Å²) >= 11 is -4.64. The summed E-state index contributed by atoms with van der Waals surface area (Å²) in [6.45, 7) is 6.70. The third-order valence-corrected chi connectivity index (χ3v) is 12.6. The molecule has 1 aromatic rings. The molecule has 1 aromatic carbocycles. The summed E-state index contributed by atoms with van der Waals surface area (Å²) < 4.78 is 8.45. The molecular formula is C11H15Cl3NOTe+. The molecule has 1 heterocycles. The van der Waals surface area contributed by atoms with E-state index < -0.39 is 13.9 Å². The first-order valence-electron chi connectivity index (χ1n) is 5.33. The summed E-state index contributed by atoms with van der Waals surface area (Å²) in [7, 11) is 19.2. The van der Waals surface area contributed by atoms with Crippen molar-refractivity contribution in [2.45, 2.75) is 20.8 Å². The van der Waals surface area contributed by atoms with Crippen molar-refractivity contribution < 1.29 is 7.68 Å². The zero-order chi connectivity index (χ0) is 12.9. The van der Waals surface area contributed by atoms with E-state index in [1.54, 1.807) is 0 Å². The molecule has 17 heavy (non-hydrogen) atoms. The Kier molecular flexibility index (Phi) is 3.39. The Hall–Kier alpha value is 0.350. The molecule has 1 aliphatic heterocycles. The molecule has 1 aliphatic rings. The van der Waals surface area contributed by atoms with Crippen LogP contribution in [0.1, 0.15) is 19.4 Å². The second-order valence-electron chi connectivity index (χ2n) is 4.09. The van der Waals surface area contributed by atoms with Crippen LogP contribution in [0.3, 0.4) is 0 Å². The van der Waals surface area contributed by atoms with Crippen molar-refractivity contribution in [1.29, 1.82) is 0 Å². The molecule has 0 saturated carbocycles. The van der Waals surface area contributed by atoms with E-state index in [0.29, 0.717) is 5.90 Å². The molecule has 0 atom stereocenters. The third-order valence-electron chi connectivity index (χ3n) is 2.77. The van der Waals surface area contributed by atoms with Crippen LogP contribution in [0.25, 0.3) is 0 Å². The third kappa shape index (κ3) is 2.41. The number of benzene rings is 1. The van der Waals surface area contributed by atoms with Gasteiger partial charge < -0.3 is 0 Å². The Balaban J connectivity index is 2.78. The summed E-state index contributed by atoms with van der Waals surface area (Å²) in [6, 6.07) is 5.88. The van der Waals surface area contributed by atoms with Gasteiger partial charge in [-0.3, -0.25) is 0 Å². The fraction of sp³-hybridized carbons (Fsp3) is 0.364. The average Bonchev–Trinajstić information content (AvgIpc) is 2.14. The van der Waals surface area contributed by atoms with Crippen molar-refractivity contribution in [3.63, 3.8) is 0 Å². The first-order chi connectivity index (χ1) is 7.73. The van der Waals surface area contributed by atoms with E-state index in [1.165, 1.54) is 0 Å². The first-order valence-corrected chi connectivity index (χ1v) is 17.3. The molecule has 0 saturated heterocycles. The average molecular weight is 411 g/mol. The van der Waals surface area contributed by atoms with Crippen molar-refractivity contribution in [1.82, 2.24) is 0 Å². The van der Waals surface area contributed by atoms with Gasteiger partial charge in [-0.1, -0.05) is 0 Å². The Morgan fingerprint density at radius 1 is 1.24 bits per heavy atom. The number of nitrogens with zero attached hydrogens (tertiary/aromatic N) is 1. The first kappa shape index (κ1) is 13.8. The minimum absolute atomic E-state index is 0.674. The second-order valence-corrected chi connectivity index (χ2v) is 26.7. The van der Waals surface area contributed by atoms with Gasteiger partial charge in [0.1, 0.15) is 0 Å². The van der Waals surface area contributed by atoms with E-state index in [9.17, 15) is 0 Å². The molecule has 0 fully saturated rings. The monoisotopic (exact) mass is 412 g/mol. The van der Waals surface area contributed by atoms with Crippen LogP contribution in [-0.4, -0.2) is 30.9 Å². The van der Waals surface area contributed by atoms with Gasteiger partial charge in [0.2, 0.25) is 0 Å². The molecule has 0 spiro atoms. The molecule has 0 unspecified atom stereocenters. The van der Waals surface area contributed by atoms with Crippen molar-refractivity contribution in [3.05, 3.63) is 23.8 Å². The molecule has 96 valence electrons. The van der Waals surface area contributed by atoms with E-state index in [1.807, 2.05) is 43.5 Å². The van der Waals surface area contributed by atoms with Gasteiger partial charge >= 0.3 is 115 Å². The summed E-state index contributed by atoms with van der Waals surface area (Å²) in [5, 5.41) is 0. The summed E-state index contributed by atoms with van der Waals surface area (Å²) in [5.41, 5.74) is 2.11. The van der Waals surface area contributed by atoms with Gasteiger partial charge in [-0.25, -0.2) is 0 Å². The van der Waals surface area contributed by atoms with Crippen LogP contribution in [0, 0.1) is 6.92 Å². The van der Waals surface area contributed by atoms with E-state index in [-0.39, 0.29) is 0 Å². The van der Waals surface area contributed by atoms with Gasteiger partial charge in [-0.05, 0) is 0 Å². The Bertz CT molecular complexity index is 519. The van der Waals surface area contributed by atoms with Gasteiger partial charge in [0.05, 0.1) is 0 Å². The predicted molar refractivity (Wildman–Crippen MR) is 77.7 cm³/mol. The summed E-state index contributed by atoms with van der Waals surface area (Å²) in [5.74, 6) is 0.674. The zero-order valence-corrected chi connectivity index (χ0v) is 14.7. The minimum atomic E-state index is -4.64. The van der Waals surface area contributed by atoms with E-state index >= 15 is 0 Å². The molecular weight excluding hydrogens is 396 g/mol. The molecule has 2 rings (SSSR count). The fourth-order valence-electron chi connectivity index (χ4n) is 2.02. The Morgan fingerprint density at radius 3 is 2.47 bits per heavy atom. The second kappa shape index (κ2) is 4.18. The predicted octanol–water partition coefficient (Wildman–Crippen LogP) is 3.15. The van der Waals surface area contributed by atoms with Crippen LogP contribution in [0.5, 0.6) is 0 Å². The molecule has 0 bridgehead atoms. The van der Waals surface area contributed by atoms with Gasteiger partial charge in [0.25, 0.3) is 0 Å². The molecule has 0 radical (unpaired) electrons. The van der Waals surface area contributed by atoms with E-state index in [0.717, 1.165) is 21.4 Å². The number of fused-ring (bicyclic) bond motifs is 1. The zero-order valence-electron chi connectivity index (χ0n) is 9.88. The fourth-order valence-corrected chi connectivity index (χ4v) is 11.1. The van der Waals surface area contributed by atoms with Crippen LogP contribution >= 0.6 is 26.9 Å². The Labute approximate surface area is 114 Å². The topological polar surface area (TPSA) is 12.2 Å². The number of hydrogen-bond acceptors (Lipinski definition) is 1. The van der Waals surface area contributed by atoms with E-state index in [4.69, 9.17) is 30.0 Å². The molecule has 6 heteroatoms. The van der Waals surface area contributed by atoms with Crippen LogP contribution in [0.15, 0.2) is 18.2 Å². The van der Waals surface area contributed by atoms with Crippen LogP contribution < -0.4 is 3.61 Å². The van der Waals surface area contributed by atoms with Crippen LogP contribution in [-0.2, 0) is 3.10 Å². The molecule has 0 aromatic heterocycles. The number of halogens is 3. The van der Waals surface area contributed by atoms with E-state index in [2.05, 4.69) is 0 Å². The number of aryl methyl sites for hydroxylation is 1. The van der Waals surface area contributed by atoms with Crippen molar-refractivity contribution in [2.75, 3.05) is 6.54 Å². The van der Waals surface area contributed by atoms with Crippen LogP contribution in [0.2, 0.25) is 0 Å². The van der Waals surface area contributed by atoms with Crippen molar-refractivity contribution >= 4 is 55.9 Å². The molecule has 0 amide bonds. The van der Waals surface area contributed by atoms with Gasteiger partial charge in [-0.2, -0.15) is 0 Å². The van der Waals surface area contributed by atoms with Crippen LogP contribution in [0.4, 0.5) is 5.69 Å². The maximum atomic E-state index is 6.39. The summed E-state index contributed by atoms with van der Waals surface area (Å²) in [4.78, 5) is 0. The van der Waals surface area contributed by atoms with Gasteiger partial charge in [0, 0.05) is 0 Å². The van der Waals surface area contributed by atoms with Gasteiger partial charge in [0.15, 0.2) is 0 Å². The number of rotatable bonds is 1. The molecule has 0 aliphatic carbocycles. The maximum absolute atomic E-state index is 6.39. The van der Waals surface area contributed by atoms with Crippen molar-refractivity contribution in [2.24, 2.45) is 0 Å². The number of hydrogen-bond donors (Lipinski definition) is 0. The molecule has 2 nitrogen and oxygen atoms in total.